The molecular formula is C18H13F3N3NaO4. The molecule has 2 saturated heterocycles. The number of carbonyl (C=O) groups is 3. The summed E-state index contributed by atoms with van der Waals surface area (Å²) in [5.74, 6) is -5.00. The van der Waals surface area contributed by atoms with Gasteiger partial charge >= 0.3 is 41.6 Å². The maximum Gasteiger partial charge on any atom is 1.00 e. The smallest absolute Gasteiger partial charge is 0.543 e. The molecule has 7 nitrogen and oxygen atoms in total. The van der Waals surface area contributed by atoms with E-state index in [1.165, 1.54) is 6.08 Å². The summed E-state index contributed by atoms with van der Waals surface area (Å²) in [7, 11) is 0. The fourth-order valence-electron chi connectivity index (χ4n) is 4.14. The first-order valence-electron chi connectivity index (χ1n) is 8.44. The number of carboxylic acid groups (broad SMARTS) is 1. The third kappa shape index (κ3) is 3.49. The molecule has 4 rings (SSSR count). The minimum Gasteiger partial charge on any atom is -0.543 e. The standard InChI is InChI=1S/C18H14F3N3O4.Na/c19-18(20,21)17(28)23-8-10-7-9(4-5-11-3-1-2-6-22-11)13(16(26)27)24-12(10)14(23)15(24)25;/h1-6,10,12,14H,7-8H2,(H,26,27);/q;+1/p-1/b5-4+;/t10?,12-,14?;/m1./s1. The van der Waals surface area contributed by atoms with Crippen LogP contribution in [0.2, 0.25) is 0 Å². The molecule has 2 unspecified atom stereocenters. The second kappa shape index (κ2) is 7.58. The van der Waals surface area contributed by atoms with Crippen LogP contribution in [0.4, 0.5) is 13.2 Å². The van der Waals surface area contributed by atoms with Gasteiger partial charge in [0.25, 0.3) is 5.91 Å². The molecule has 2 amide bonds. The number of rotatable bonds is 3. The number of nitrogens with zero attached hydrogens (tertiary/aromatic N) is 3. The van der Waals surface area contributed by atoms with Gasteiger partial charge in [0, 0.05) is 18.7 Å². The quantitative estimate of drug-likeness (QED) is 0.390. The third-order valence-corrected chi connectivity index (χ3v) is 5.23. The zero-order chi connectivity index (χ0) is 20.2. The molecule has 146 valence electrons. The number of likely N-dealkylation sites (tertiary alicyclic amines) is 1. The number of hydrogen-bond donors (Lipinski definition) is 0. The van der Waals surface area contributed by atoms with Crippen LogP contribution >= 0.6 is 0 Å². The fraction of sp³-hybridized carbons (Fsp3) is 0.333. The number of allylic oxidation sites excluding steroid dienone is 2. The number of hydrogen-bond acceptors (Lipinski definition) is 5. The summed E-state index contributed by atoms with van der Waals surface area (Å²) in [4.78, 5) is 41.3. The molecule has 0 bridgehead atoms. The van der Waals surface area contributed by atoms with Crippen molar-refractivity contribution in [2.45, 2.75) is 24.7 Å². The molecule has 0 aromatic carbocycles. The van der Waals surface area contributed by atoms with Gasteiger partial charge in [-0.05, 0) is 30.2 Å². The molecule has 3 atom stereocenters. The summed E-state index contributed by atoms with van der Waals surface area (Å²) in [6.45, 7) is -0.267. The number of amides is 2. The van der Waals surface area contributed by atoms with Gasteiger partial charge in [0.15, 0.2) is 0 Å². The van der Waals surface area contributed by atoms with Crippen LogP contribution < -0.4 is 34.7 Å². The number of halogens is 3. The number of aliphatic carboxylic acids is 1. The van der Waals surface area contributed by atoms with Crippen molar-refractivity contribution >= 4 is 23.9 Å². The molecular weight excluding hydrogens is 402 g/mol. The summed E-state index contributed by atoms with van der Waals surface area (Å²) >= 11 is 0. The van der Waals surface area contributed by atoms with E-state index < -0.39 is 42.0 Å². The Hall–Kier alpha value is -2.17. The number of carbonyl (C=O) groups excluding carboxylic acids is 3. The summed E-state index contributed by atoms with van der Waals surface area (Å²) < 4.78 is 38.5. The van der Waals surface area contributed by atoms with Crippen molar-refractivity contribution in [3.05, 3.63) is 47.4 Å². The molecule has 1 aromatic rings. The number of carboxylic acids is 1. The zero-order valence-corrected chi connectivity index (χ0v) is 17.2. The van der Waals surface area contributed by atoms with E-state index in [1.54, 1.807) is 30.5 Å². The largest absolute Gasteiger partial charge is 1.00 e. The van der Waals surface area contributed by atoms with E-state index >= 15 is 0 Å². The molecule has 29 heavy (non-hydrogen) atoms. The van der Waals surface area contributed by atoms with Crippen molar-refractivity contribution in [3.63, 3.8) is 0 Å². The van der Waals surface area contributed by atoms with E-state index in [0.29, 0.717) is 10.6 Å². The summed E-state index contributed by atoms with van der Waals surface area (Å²) in [5, 5.41) is 11.6. The maximum atomic E-state index is 12.8. The van der Waals surface area contributed by atoms with Gasteiger partial charge in [0.1, 0.15) is 6.04 Å². The first-order valence-corrected chi connectivity index (χ1v) is 8.44. The van der Waals surface area contributed by atoms with Gasteiger partial charge in [-0.25, -0.2) is 0 Å². The Morgan fingerprint density at radius 3 is 2.55 bits per heavy atom. The van der Waals surface area contributed by atoms with Crippen LogP contribution in [0.15, 0.2) is 41.7 Å². The zero-order valence-electron chi connectivity index (χ0n) is 15.2. The molecule has 0 spiro atoms. The van der Waals surface area contributed by atoms with Crippen molar-refractivity contribution in [2.24, 2.45) is 5.92 Å². The van der Waals surface area contributed by atoms with Crippen LogP contribution in [0.25, 0.3) is 6.08 Å². The molecule has 11 heteroatoms. The first kappa shape index (κ1) is 21.5. The van der Waals surface area contributed by atoms with Gasteiger partial charge in [-0.1, -0.05) is 12.1 Å². The molecule has 1 aromatic heterocycles. The van der Waals surface area contributed by atoms with Gasteiger partial charge < -0.3 is 19.7 Å². The molecule has 4 heterocycles. The number of aromatic nitrogens is 1. The predicted molar refractivity (Wildman–Crippen MR) is 85.6 cm³/mol. The average Bonchev–Trinajstić information content (AvgIpc) is 3.00. The Balaban J connectivity index is 0.00000240. The number of alkyl halides is 3. The van der Waals surface area contributed by atoms with Crippen molar-refractivity contribution in [3.8, 4) is 0 Å². The van der Waals surface area contributed by atoms with Crippen LogP contribution in [-0.4, -0.2) is 57.4 Å². The Morgan fingerprint density at radius 2 is 1.97 bits per heavy atom. The first-order chi connectivity index (χ1) is 13.2. The minimum atomic E-state index is -5.10. The monoisotopic (exact) mass is 415 g/mol. The van der Waals surface area contributed by atoms with E-state index in [9.17, 15) is 32.7 Å². The van der Waals surface area contributed by atoms with E-state index in [2.05, 4.69) is 4.98 Å². The maximum absolute atomic E-state index is 12.8. The summed E-state index contributed by atoms with van der Waals surface area (Å²) in [6.07, 6.45) is -0.419. The van der Waals surface area contributed by atoms with Gasteiger partial charge in [0.2, 0.25) is 0 Å². The predicted octanol–water partition coefficient (Wildman–Crippen LogP) is -2.89. The van der Waals surface area contributed by atoms with Crippen molar-refractivity contribution < 1.29 is 62.2 Å². The van der Waals surface area contributed by atoms with E-state index in [-0.39, 0.29) is 53.8 Å². The van der Waals surface area contributed by atoms with Crippen molar-refractivity contribution in [1.82, 2.24) is 14.8 Å². The SMILES string of the molecule is O=C([O-])C1=C(/C=C/c2ccccn2)CC2CN(C(=O)C(F)(F)F)C3C(=O)N1[C@H]23.[Na+]. The van der Waals surface area contributed by atoms with E-state index in [4.69, 9.17) is 0 Å². The van der Waals surface area contributed by atoms with Crippen LogP contribution in [-0.2, 0) is 14.4 Å². The normalized spacial score (nSPS) is 25.6. The van der Waals surface area contributed by atoms with Crippen LogP contribution in [0.1, 0.15) is 12.1 Å². The van der Waals surface area contributed by atoms with Crippen molar-refractivity contribution in [1.29, 1.82) is 0 Å². The topological polar surface area (TPSA) is 93.6 Å². The van der Waals surface area contributed by atoms with Gasteiger partial charge in [-0.15, -0.1) is 0 Å². The number of β-lactam (4-membered cyclic amide) rings is 1. The van der Waals surface area contributed by atoms with Gasteiger partial charge in [0.05, 0.1) is 23.4 Å². The molecule has 0 saturated carbocycles. The van der Waals surface area contributed by atoms with Gasteiger partial charge in [-0.2, -0.15) is 13.2 Å². The van der Waals surface area contributed by atoms with E-state index in [0.717, 1.165) is 4.90 Å². The molecule has 2 fully saturated rings. The number of pyridine rings is 1. The Morgan fingerprint density at radius 1 is 1.24 bits per heavy atom. The second-order valence-corrected chi connectivity index (χ2v) is 6.81. The fourth-order valence-corrected chi connectivity index (χ4v) is 4.14. The van der Waals surface area contributed by atoms with Gasteiger partial charge in [-0.3, -0.25) is 14.6 Å². The Bertz CT molecular complexity index is 932. The third-order valence-electron chi connectivity index (χ3n) is 5.23. The summed E-state index contributed by atoms with van der Waals surface area (Å²) in [5.41, 5.74) is 0.430. The second-order valence-electron chi connectivity index (χ2n) is 6.81. The van der Waals surface area contributed by atoms with Crippen LogP contribution in [0.5, 0.6) is 0 Å². The summed E-state index contributed by atoms with van der Waals surface area (Å²) in [6, 6.07) is 3.07. The molecule has 0 aliphatic carbocycles. The molecule has 0 N–H and O–H groups in total. The van der Waals surface area contributed by atoms with Crippen LogP contribution in [0, 0.1) is 5.92 Å². The van der Waals surface area contributed by atoms with Crippen LogP contribution in [0.3, 0.4) is 0 Å². The Kier molecular flexibility index (Phi) is 5.63. The molecule has 3 aliphatic heterocycles. The molecule has 0 radical (unpaired) electrons. The van der Waals surface area contributed by atoms with E-state index in [1.807, 2.05) is 0 Å². The molecule has 3 aliphatic rings. The Labute approximate surface area is 185 Å². The van der Waals surface area contributed by atoms with Crippen molar-refractivity contribution in [2.75, 3.05) is 6.54 Å². The minimum absolute atomic E-state index is 0. The average molecular weight is 415 g/mol.